The Kier molecular flexibility index (Phi) is 8.12. The van der Waals surface area contributed by atoms with E-state index < -0.39 is 0 Å². The number of halogens is 1. The molecule has 4 nitrogen and oxygen atoms in total. The molecule has 1 saturated heterocycles. The van der Waals surface area contributed by atoms with Crippen molar-refractivity contribution in [3.05, 3.63) is 35.6 Å². The van der Waals surface area contributed by atoms with Crippen LogP contribution in [0.3, 0.4) is 0 Å². The Hall–Kier alpha value is -1.01. The molecule has 0 spiro atoms. The lowest BCUT2D eigenvalue weighted by molar-refractivity contribution is 0.0781. The molecule has 5 heteroatoms. The summed E-state index contributed by atoms with van der Waals surface area (Å²) in [5.41, 5.74) is 1.20. The Morgan fingerprint density at radius 2 is 1.92 bits per heavy atom. The largest absolute Gasteiger partial charge is 0.393 e. The summed E-state index contributed by atoms with van der Waals surface area (Å²) in [6.07, 6.45) is 2.76. The zero-order chi connectivity index (χ0) is 17.4. The lowest BCUT2D eigenvalue weighted by Crippen LogP contribution is -2.40. The normalized spacial score (nSPS) is 18.2. The van der Waals surface area contributed by atoms with Gasteiger partial charge in [0.25, 0.3) is 0 Å². The van der Waals surface area contributed by atoms with E-state index in [2.05, 4.69) is 22.2 Å². The number of nitrogens with one attached hydrogen (secondary N) is 1. The van der Waals surface area contributed by atoms with Crippen LogP contribution in [-0.4, -0.2) is 74.4 Å². The molecular weight excluding hydrogens is 305 g/mol. The summed E-state index contributed by atoms with van der Waals surface area (Å²) in [5, 5.41) is 12.8. The maximum Gasteiger partial charge on any atom is 0.123 e. The number of nitrogens with zero attached hydrogens (tertiary/aromatic N) is 2. The fraction of sp³-hybridized carbons (Fsp3) is 0.684. The molecule has 0 saturated carbocycles. The zero-order valence-electron chi connectivity index (χ0n) is 15.0. The molecule has 1 aliphatic rings. The number of likely N-dealkylation sites (tertiary alicyclic amines) is 1. The third-order valence-electron chi connectivity index (χ3n) is 5.01. The first-order valence-electron chi connectivity index (χ1n) is 9.07. The van der Waals surface area contributed by atoms with E-state index in [1.807, 2.05) is 19.2 Å². The van der Waals surface area contributed by atoms with Crippen LogP contribution in [0.2, 0.25) is 0 Å². The highest BCUT2D eigenvalue weighted by atomic mass is 19.1. The van der Waals surface area contributed by atoms with Gasteiger partial charge in [-0.3, -0.25) is 0 Å². The van der Waals surface area contributed by atoms with Crippen molar-refractivity contribution in [2.24, 2.45) is 0 Å². The summed E-state index contributed by atoms with van der Waals surface area (Å²) >= 11 is 0. The van der Waals surface area contributed by atoms with Gasteiger partial charge in [0.05, 0.1) is 6.10 Å². The number of hydrogen-bond acceptors (Lipinski definition) is 4. The first-order chi connectivity index (χ1) is 11.6. The lowest BCUT2D eigenvalue weighted by Gasteiger charge is -2.31. The van der Waals surface area contributed by atoms with Crippen molar-refractivity contribution in [3.63, 3.8) is 0 Å². The molecule has 1 aliphatic heterocycles. The molecule has 1 aromatic rings. The predicted molar refractivity (Wildman–Crippen MR) is 96.9 cm³/mol. The summed E-state index contributed by atoms with van der Waals surface area (Å²) in [6.45, 7) is 6.06. The van der Waals surface area contributed by atoms with E-state index in [0.29, 0.717) is 5.92 Å². The van der Waals surface area contributed by atoms with Gasteiger partial charge < -0.3 is 20.2 Å². The average Bonchev–Trinajstić information content (AvgIpc) is 2.59. The second-order valence-electron chi connectivity index (χ2n) is 6.97. The Morgan fingerprint density at radius 3 is 2.54 bits per heavy atom. The van der Waals surface area contributed by atoms with Gasteiger partial charge in [-0.25, -0.2) is 4.39 Å². The molecule has 2 N–H and O–H groups in total. The third-order valence-corrected chi connectivity index (χ3v) is 5.01. The third kappa shape index (κ3) is 6.48. The van der Waals surface area contributed by atoms with Gasteiger partial charge in [0.15, 0.2) is 0 Å². The highest BCUT2D eigenvalue weighted by Gasteiger charge is 2.17. The summed E-state index contributed by atoms with van der Waals surface area (Å²) in [4.78, 5) is 4.81. The van der Waals surface area contributed by atoms with Crippen molar-refractivity contribution in [1.82, 2.24) is 15.1 Å². The van der Waals surface area contributed by atoms with Crippen LogP contribution in [0.5, 0.6) is 0 Å². The van der Waals surface area contributed by atoms with Crippen LogP contribution < -0.4 is 5.32 Å². The Balaban J connectivity index is 1.73. The molecule has 0 aliphatic carbocycles. The van der Waals surface area contributed by atoms with Gasteiger partial charge in [-0.15, -0.1) is 0 Å². The van der Waals surface area contributed by atoms with Crippen molar-refractivity contribution in [2.45, 2.75) is 31.3 Å². The van der Waals surface area contributed by atoms with Gasteiger partial charge >= 0.3 is 0 Å². The smallest absolute Gasteiger partial charge is 0.123 e. The van der Waals surface area contributed by atoms with Gasteiger partial charge in [0.2, 0.25) is 0 Å². The topological polar surface area (TPSA) is 38.7 Å². The minimum atomic E-state index is -0.175. The van der Waals surface area contributed by atoms with Crippen LogP contribution in [0.4, 0.5) is 4.39 Å². The molecule has 1 heterocycles. The van der Waals surface area contributed by atoms with Crippen molar-refractivity contribution < 1.29 is 9.50 Å². The average molecular weight is 337 g/mol. The number of rotatable bonds is 9. The monoisotopic (exact) mass is 337 g/mol. The first kappa shape index (κ1) is 19.3. The standard InChI is InChI=1S/C19H32FN3O/c1-21-15-17(16-3-5-18(20)6-4-16)7-10-22(2)13-14-23-11-8-19(24)9-12-23/h3-6,17,19,21,24H,7-15H2,1-2H3. The SMILES string of the molecule is CNCC(CCN(C)CCN1CCC(O)CC1)c1ccc(F)cc1. The number of hydrogen-bond donors (Lipinski definition) is 2. The minimum Gasteiger partial charge on any atom is -0.393 e. The van der Waals surface area contributed by atoms with Crippen molar-refractivity contribution in [1.29, 1.82) is 0 Å². The number of aliphatic hydroxyl groups excluding tert-OH is 1. The van der Waals surface area contributed by atoms with Crippen molar-refractivity contribution in [3.8, 4) is 0 Å². The van der Waals surface area contributed by atoms with E-state index in [1.54, 1.807) is 12.1 Å². The van der Waals surface area contributed by atoms with Gasteiger partial charge in [0.1, 0.15) is 5.82 Å². The van der Waals surface area contributed by atoms with Crippen LogP contribution in [0, 0.1) is 5.82 Å². The molecule has 136 valence electrons. The molecule has 24 heavy (non-hydrogen) atoms. The molecule has 1 fully saturated rings. The summed E-state index contributed by atoms with van der Waals surface area (Å²) in [5.74, 6) is 0.230. The fourth-order valence-corrected chi connectivity index (χ4v) is 3.31. The minimum absolute atomic E-state index is 0.100. The van der Waals surface area contributed by atoms with Gasteiger partial charge in [0, 0.05) is 32.7 Å². The Labute approximate surface area is 145 Å². The van der Waals surface area contributed by atoms with Crippen LogP contribution in [-0.2, 0) is 0 Å². The molecule has 1 aromatic carbocycles. The molecule has 0 amide bonds. The highest BCUT2D eigenvalue weighted by Crippen LogP contribution is 2.20. The number of piperidine rings is 1. The second-order valence-corrected chi connectivity index (χ2v) is 6.97. The van der Waals surface area contributed by atoms with E-state index in [4.69, 9.17) is 0 Å². The Bertz CT molecular complexity index is 460. The zero-order valence-corrected chi connectivity index (χ0v) is 15.0. The van der Waals surface area contributed by atoms with Crippen molar-refractivity contribution >= 4 is 0 Å². The van der Waals surface area contributed by atoms with E-state index in [0.717, 1.165) is 58.5 Å². The maximum absolute atomic E-state index is 13.1. The van der Waals surface area contributed by atoms with Crippen LogP contribution in [0.15, 0.2) is 24.3 Å². The Morgan fingerprint density at radius 1 is 1.25 bits per heavy atom. The van der Waals surface area contributed by atoms with Crippen LogP contribution in [0.1, 0.15) is 30.7 Å². The summed E-state index contributed by atoms with van der Waals surface area (Å²) < 4.78 is 13.1. The molecule has 0 aromatic heterocycles. The molecular formula is C19H32FN3O. The summed E-state index contributed by atoms with van der Waals surface area (Å²) in [7, 11) is 4.13. The first-order valence-corrected chi connectivity index (χ1v) is 9.07. The van der Waals surface area contributed by atoms with Crippen LogP contribution in [0.25, 0.3) is 0 Å². The van der Waals surface area contributed by atoms with Crippen LogP contribution >= 0.6 is 0 Å². The number of likely N-dealkylation sites (N-methyl/N-ethyl adjacent to an activating group) is 2. The fourth-order valence-electron chi connectivity index (χ4n) is 3.31. The van der Waals surface area contributed by atoms with E-state index in [-0.39, 0.29) is 11.9 Å². The molecule has 0 bridgehead atoms. The number of aliphatic hydroxyl groups is 1. The molecule has 1 atom stereocenters. The molecule has 0 radical (unpaired) electrons. The molecule has 1 unspecified atom stereocenters. The second kappa shape index (κ2) is 10.1. The van der Waals surface area contributed by atoms with E-state index in [1.165, 1.54) is 5.56 Å². The van der Waals surface area contributed by atoms with E-state index in [9.17, 15) is 9.50 Å². The van der Waals surface area contributed by atoms with Gasteiger partial charge in [-0.1, -0.05) is 12.1 Å². The lowest BCUT2D eigenvalue weighted by atomic mass is 9.95. The van der Waals surface area contributed by atoms with Crippen molar-refractivity contribution in [2.75, 3.05) is 53.4 Å². The number of benzene rings is 1. The predicted octanol–water partition coefficient (Wildman–Crippen LogP) is 1.91. The quantitative estimate of drug-likeness (QED) is 0.722. The summed E-state index contributed by atoms with van der Waals surface area (Å²) in [6, 6.07) is 6.89. The maximum atomic E-state index is 13.1. The van der Waals surface area contributed by atoms with Gasteiger partial charge in [-0.2, -0.15) is 0 Å². The highest BCUT2D eigenvalue weighted by molar-refractivity contribution is 5.20. The molecule has 2 rings (SSSR count). The van der Waals surface area contributed by atoms with E-state index >= 15 is 0 Å². The van der Waals surface area contributed by atoms with Gasteiger partial charge in [-0.05, 0) is 63.5 Å².